The predicted octanol–water partition coefficient (Wildman–Crippen LogP) is 12.0. The van der Waals surface area contributed by atoms with Crippen LogP contribution in [0.1, 0.15) is 155 Å². The van der Waals surface area contributed by atoms with Crippen LogP contribution in [0.15, 0.2) is 85.1 Å². The van der Waals surface area contributed by atoms with E-state index in [0.29, 0.717) is 19.3 Å². The first-order valence-electron chi connectivity index (χ1n) is 21.1. The monoisotopic (exact) mass is 790 g/mol. The van der Waals surface area contributed by atoms with Gasteiger partial charge in [0.2, 0.25) is 0 Å². The fourth-order valence-electron chi connectivity index (χ4n) is 5.11. The standard InChI is InChI=1S/C45H76NO8P/c1-3-5-7-9-11-13-15-17-19-21-23-25-27-29-31-33-35-37-44(47)51-41-43(42-53-55(49,50)52-40-39-46)54-45(48)38-36-34-32-30-28-26-24-22-20-18-16-14-12-10-8-6-4-2/h11,13,17-20,23-26,29-32,43H,3-10,12,14-16,21-22,27-28,33-42,46H2,1-2H3,(H,49,50)/b13-11-,19-17-,20-18-,25-23-,26-24-,31-29-,32-30-/t43-/m1/s1. The average molecular weight is 790 g/mol. The molecule has 0 spiro atoms. The highest BCUT2D eigenvalue weighted by molar-refractivity contribution is 7.47. The highest BCUT2D eigenvalue weighted by atomic mass is 31.2. The number of carbonyl (C=O) groups excluding carboxylic acids is 2. The molecule has 0 fully saturated rings. The predicted molar refractivity (Wildman–Crippen MR) is 229 cm³/mol. The summed E-state index contributed by atoms with van der Waals surface area (Å²) in [6, 6.07) is 0. The summed E-state index contributed by atoms with van der Waals surface area (Å²) in [6.45, 7) is 3.55. The molecular weight excluding hydrogens is 713 g/mol. The molecule has 0 amide bonds. The Hall–Kier alpha value is -2.81. The van der Waals surface area contributed by atoms with Crippen molar-refractivity contribution in [2.45, 2.75) is 161 Å². The van der Waals surface area contributed by atoms with Crippen molar-refractivity contribution in [3.8, 4) is 0 Å². The van der Waals surface area contributed by atoms with E-state index in [1.165, 1.54) is 64.2 Å². The molecule has 55 heavy (non-hydrogen) atoms. The van der Waals surface area contributed by atoms with Gasteiger partial charge in [-0.15, -0.1) is 0 Å². The second-order valence-electron chi connectivity index (χ2n) is 13.5. The number of allylic oxidation sites excluding steroid dienone is 14. The first-order chi connectivity index (χ1) is 26.8. The molecule has 1 unspecified atom stereocenters. The SMILES string of the molecule is CCCCC/C=C\C/C=C\C/C=C\C/C=C\CCCC(=O)OC[C@H](COP(=O)(O)OCCN)OC(=O)CCC/C=C\C/C=C\C/C=C\CCCCCCCC. The number of unbranched alkanes of at least 4 members (excludes halogenated alkanes) is 11. The van der Waals surface area contributed by atoms with E-state index in [-0.39, 0.29) is 32.6 Å². The molecule has 0 aliphatic carbocycles. The van der Waals surface area contributed by atoms with Crippen molar-refractivity contribution >= 4 is 19.8 Å². The number of phosphoric ester groups is 1. The molecule has 2 atom stereocenters. The summed E-state index contributed by atoms with van der Waals surface area (Å²) in [5, 5.41) is 0. The van der Waals surface area contributed by atoms with Crippen LogP contribution >= 0.6 is 7.82 Å². The number of phosphoric acid groups is 1. The summed E-state index contributed by atoms with van der Waals surface area (Å²) < 4.78 is 32.6. The summed E-state index contributed by atoms with van der Waals surface area (Å²) in [4.78, 5) is 34.8. The average Bonchev–Trinajstić information content (AvgIpc) is 3.17. The summed E-state index contributed by atoms with van der Waals surface area (Å²) in [6.07, 6.45) is 50.6. The Morgan fingerprint density at radius 2 is 0.945 bits per heavy atom. The Labute approximate surface area is 334 Å². The molecule has 0 heterocycles. The maximum absolute atomic E-state index is 12.5. The molecule has 0 saturated heterocycles. The highest BCUT2D eigenvalue weighted by Crippen LogP contribution is 2.43. The van der Waals surface area contributed by atoms with Gasteiger partial charge in [-0.2, -0.15) is 0 Å². The number of ether oxygens (including phenoxy) is 2. The lowest BCUT2D eigenvalue weighted by Crippen LogP contribution is -2.29. The number of hydrogen-bond acceptors (Lipinski definition) is 8. The van der Waals surface area contributed by atoms with Gasteiger partial charge >= 0.3 is 19.8 Å². The molecule has 314 valence electrons. The third-order valence-electron chi connectivity index (χ3n) is 8.25. The summed E-state index contributed by atoms with van der Waals surface area (Å²) in [5.74, 6) is -0.964. The smallest absolute Gasteiger partial charge is 0.462 e. The lowest BCUT2D eigenvalue weighted by molar-refractivity contribution is -0.161. The first kappa shape index (κ1) is 52.2. The maximum Gasteiger partial charge on any atom is 0.472 e. The van der Waals surface area contributed by atoms with E-state index >= 15 is 0 Å². The summed E-state index contributed by atoms with van der Waals surface area (Å²) in [7, 11) is -4.41. The van der Waals surface area contributed by atoms with Crippen LogP contribution in [0.4, 0.5) is 0 Å². The van der Waals surface area contributed by atoms with Gasteiger partial charge in [-0.05, 0) is 83.5 Å². The van der Waals surface area contributed by atoms with Gasteiger partial charge < -0.3 is 20.1 Å². The van der Waals surface area contributed by atoms with Gasteiger partial charge in [0.25, 0.3) is 0 Å². The topological polar surface area (TPSA) is 134 Å². The minimum absolute atomic E-state index is 0.0342. The fraction of sp³-hybridized carbons (Fsp3) is 0.644. The molecule has 0 radical (unpaired) electrons. The zero-order valence-electron chi connectivity index (χ0n) is 34.4. The Bertz CT molecular complexity index is 1170. The Kier molecular flexibility index (Phi) is 38.8. The van der Waals surface area contributed by atoms with Crippen LogP contribution in [0.2, 0.25) is 0 Å². The van der Waals surface area contributed by atoms with Crippen LogP contribution in [0.3, 0.4) is 0 Å². The van der Waals surface area contributed by atoms with Gasteiger partial charge in [0.05, 0.1) is 13.2 Å². The zero-order chi connectivity index (χ0) is 40.3. The third kappa shape index (κ3) is 40.7. The van der Waals surface area contributed by atoms with Crippen molar-refractivity contribution in [3.63, 3.8) is 0 Å². The van der Waals surface area contributed by atoms with Crippen molar-refractivity contribution in [1.82, 2.24) is 0 Å². The van der Waals surface area contributed by atoms with Gasteiger partial charge in [-0.1, -0.05) is 144 Å². The molecule has 0 aromatic carbocycles. The van der Waals surface area contributed by atoms with Crippen LogP contribution in [0, 0.1) is 0 Å². The maximum atomic E-state index is 12.5. The Morgan fingerprint density at radius 1 is 0.545 bits per heavy atom. The molecular formula is C45H76NO8P. The molecule has 0 aromatic rings. The normalized spacial score (nSPS) is 14.2. The largest absolute Gasteiger partial charge is 0.472 e. The van der Waals surface area contributed by atoms with Crippen LogP contribution < -0.4 is 5.73 Å². The van der Waals surface area contributed by atoms with Crippen LogP contribution in [-0.2, 0) is 32.7 Å². The van der Waals surface area contributed by atoms with Gasteiger partial charge in [0, 0.05) is 19.4 Å². The first-order valence-corrected chi connectivity index (χ1v) is 22.6. The van der Waals surface area contributed by atoms with Crippen LogP contribution in [0.5, 0.6) is 0 Å². The molecule has 0 bridgehead atoms. The van der Waals surface area contributed by atoms with Crippen molar-refractivity contribution in [1.29, 1.82) is 0 Å². The lowest BCUT2D eigenvalue weighted by atomic mass is 10.1. The molecule has 0 aliphatic heterocycles. The Morgan fingerprint density at radius 3 is 1.44 bits per heavy atom. The second-order valence-corrected chi connectivity index (χ2v) is 14.9. The van der Waals surface area contributed by atoms with Gasteiger partial charge in [-0.25, -0.2) is 4.57 Å². The van der Waals surface area contributed by atoms with E-state index in [0.717, 1.165) is 44.9 Å². The van der Waals surface area contributed by atoms with Crippen LogP contribution in [-0.4, -0.2) is 49.3 Å². The minimum atomic E-state index is -4.41. The second kappa shape index (κ2) is 40.8. The van der Waals surface area contributed by atoms with E-state index in [2.05, 4.69) is 86.8 Å². The minimum Gasteiger partial charge on any atom is -0.462 e. The molecule has 0 rings (SSSR count). The number of esters is 2. The zero-order valence-corrected chi connectivity index (χ0v) is 35.3. The molecule has 0 saturated carbocycles. The van der Waals surface area contributed by atoms with Gasteiger partial charge in [0.15, 0.2) is 6.10 Å². The molecule has 0 aliphatic rings. The fourth-order valence-corrected chi connectivity index (χ4v) is 5.88. The van der Waals surface area contributed by atoms with E-state index in [1.54, 1.807) is 0 Å². The van der Waals surface area contributed by atoms with E-state index in [9.17, 15) is 19.0 Å². The van der Waals surface area contributed by atoms with E-state index in [1.807, 2.05) is 12.2 Å². The number of hydrogen-bond donors (Lipinski definition) is 2. The molecule has 9 nitrogen and oxygen atoms in total. The number of carbonyl (C=O) groups is 2. The number of rotatable bonds is 38. The van der Waals surface area contributed by atoms with E-state index < -0.39 is 32.5 Å². The van der Waals surface area contributed by atoms with Crippen LogP contribution in [0.25, 0.3) is 0 Å². The van der Waals surface area contributed by atoms with Crippen molar-refractivity contribution < 1.29 is 37.6 Å². The lowest BCUT2D eigenvalue weighted by Gasteiger charge is -2.19. The van der Waals surface area contributed by atoms with E-state index in [4.69, 9.17) is 24.3 Å². The Balaban J connectivity index is 4.38. The van der Waals surface area contributed by atoms with Crippen molar-refractivity contribution in [3.05, 3.63) is 85.1 Å². The highest BCUT2D eigenvalue weighted by Gasteiger charge is 2.25. The summed E-state index contributed by atoms with van der Waals surface area (Å²) >= 11 is 0. The van der Waals surface area contributed by atoms with Gasteiger partial charge in [0.1, 0.15) is 6.61 Å². The molecule has 0 aromatic heterocycles. The number of nitrogens with two attached hydrogens (primary N) is 1. The molecule has 10 heteroatoms. The van der Waals surface area contributed by atoms with Crippen molar-refractivity contribution in [2.24, 2.45) is 5.73 Å². The van der Waals surface area contributed by atoms with Crippen molar-refractivity contribution in [2.75, 3.05) is 26.4 Å². The quantitative estimate of drug-likeness (QED) is 0.0271. The third-order valence-corrected chi connectivity index (χ3v) is 9.24. The molecule has 3 N–H and O–H groups in total. The van der Waals surface area contributed by atoms with Gasteiger partial charge in [-0.3, -0.25) is 18.6 Å². The summed E-state index contributed by atoms with van der Waals surface area (Å²) in [5.41, 5.74) is 5.33.